The number of Topliss-reactive ketones (excluding diaryl/α,β-unsaturated/α-hetero) is 1. The Labute approximate surface area is 221 Å². The Kier molecular flexibility index (Phi) is 7.35. The zero-order chi connectivity index (χ0) is 26.6. The van der Waals surface area contributed by atoms with Crippen molar-refractivity contribution in [2.24, 2.45) is 13.0 Å². The summed E-state index contributed by atoms with van der Waals surface area (Å²) in [7, 11) is 1.91. The number of nitrogens with one attached hydrogen (secondary N) is 2. The monoisotopic (exact) mass is 512 g/mol. The lowest BCUT2D eigenvalue weighted by atomic mass is 9.81. The van der Waals surface area contributed by atoms with Crippen LogP contribution in [0, 0.1) is 19.8 Å². The van der Waals surface area contributed by atoms with Crippen molar-refractivity contribution < 1.29 is 14.1 Å². The van der Waals surface area contributed by atoms with Gasteiger partial charge in [-0.1, -0.05) is 24.4 Å². The van der Waals surface area contributed by atoms with E-state index in [1.165, 1.54) is 6.26 Å². The van der Waals surface area contributed by atoms with E-state index in [4.69, 9.17) is 4.52 Å². The first kappa shape index (κ1) is 25.4. The van der Waals surface area contributed by atoms with Gasteiger partial charge in [-0.3, -0.25) is 14.3 Å². The van der Waals surface area contributed by atoms with Gasteiger partial charge in [0, 0.05) is 30.1 Å². The van der Waals surface area contributed by atoms with Crippen LogP contribution in [-0.4, -0.2) is 37.7 Å². The van der Waals surface area contributed by atoms with E-state index >= 15 is 0 Å². The van der Waals surface area contributed by atoms with E-state index in [0.717, 1.165) is 54.6 Å². The summed E-state index contributed by atoms with van der Waals surface area (Å²) >= 11 is 0. The second-order valence-electron chi connectivity index (χ2n) is 9.96. The predicted octanol–water partition coefficient (Wildman–Crippen LogP) is 5.39. The molecule has 9 nitrogen and oxygen atoms in total. The van der Waals surface area contributed by atoms with Gasteiger partial charge in [-0.05, 0) is 74.6 Å². The Morgan fingerprint density at radius 2 is 1.79 bits per heavy atom. The second kappa shape index (κ2) is 11.0. The topological polar surface area (TPSA) is 115 Å². The zero-order valence-electron chi connectivity index (χ0n) is 21.9. The summed E-state index contributed by atoms with van der Waals surface area (Å²) in [6, 6.07) is 10.6. The first-order valence-electron chi connectivity index (χ1n) is 13.0. The number of aryl methyl sites for hydroxylation is 3. The first-order chi connectivity index (χ1) is 18.4. The standard InChI is InChI=1S/C29H32N6O3/c1-18-15-31-35(3)27(18)22-11-14-25(30-16-22)32-23-12-9-21(10-13-23)28(36)26(20-7-5-4-6-8-20)33-29(37)24-17-38-34-19(24)2/h9-17,20,26H,4-8H2,1-3H3,(H,30,32)(H,33,37)/t26-/m0/s1. The van der Waals surface area contributed by atoms with E-state index in [1.54, 1.807) is 19.1 Å². The van der Waals surface area contributed by atoms with E-state index in [2.05, 4.69) is 25.9 Å². The molecule has 0 spiro atoms. The average Bonchev–Trinajstić information content (AvgIpc) is 3.52. The predicted molar refractivity (Wildman–Crippen MR) is 144 cm³/mol. The van der Waals surface area contributed by atoms with Crippen LogP contribution >= 0.6 is 0 Å². The number of amides is 1. The minimum atomic E-state index is -0.597. The summed E-state index contributed by atoms with van der Waals surface area (Å²) in [6.45, 7) is 3.74. The lowest BCUT2D eigenvalue weighted by Gasteiger charge is -2.30. The highest BCUT2D eigenvalue weighted by molar-refractivity contribution is 6.04. The van der Waals surface area contributed by atoms with Gasteiger partial charge in [-0.15, -0.1) is 0 Å². The summed E-state index contributed by atoms with van der Waals surface area (Å²) in [4.78, 5) is 31.1. The average molecular weight is 513 g/mol. The lowest BCUT2D eigenvalue weighted by Crippen LogP contribution is -2.46. The smallest absolute Gasteiger partial charge is 0.257 e. The molecule has 2 N–H and O–H groups in total. The normalized spacial score (nSPS) is 14.7. The largest absolute Gasteiger partial charge is 0.364 e. The maximum atomic E-state index is 13.6. The minimum Gasteiger partial charge on any atom is -0.364 e. The number of anilines is 2. The molecule has 1 atom stereocenters. The number of carbonyl (C=O) groups excluding carboxylic acids is 2. The number of pyridine rings is 1. The molecule has 0 aliphatic heterocycles. The second-order valence-corrected chi connectivity index (χ2v) is 9.96. The van der Waals surface area contributed by atoms with Gasteiger partial charge in [0.25, 0.3) is 5.91 Å². The van der Waals surface area contributed by atoms with Gasteiger partial charge in [0.2, 0.25) is 0 Å². The SMILES string of the molecule is Cc1cnn(C)c1-c1ccc(Nc2ccc(C(=O)[C@@H](NC(=O)c3conc3C)C3CCCCC3)cc2)nc1. The summed E-state index contributed by atoms with van der Waals surface area (Å²) in [5, 5.41) is 14.4. The fraction of sp³-hybridized carbons (Fsp3) is 0.345. The van der Waals surface area contributed by atoms with Crippen molar-refractivity contribution in [3.63, 3.8) is 0 Å². The van der Waals surface area contributed by atoms with Crippen LogP contribution in [0.15, 0.2) is 59.6 Å². The third-order valence-electron chi connectivity index (χ3n) is 7.29. The fourth-order valence-corrected chi connectivity index (χ4v) is 5.21. The molecule has 38 heavy (non-hydrogen) atoms. The Morgan fingerprint density at radius 1 is 1.03 bits per heavy atom. The van der Waals surface area contributed by atoms with Crippen LogP contribution in [0.2, 0.25) is 0 Å². The molecule has 1 aliphatic rings. The Hall–Kier alpha value is -4.27. The Morgan fingerprint density at radius 3 is 2.39 bits per heavy atom. The maximum absolute atomic E-state index is 13.6. The molecule has 3 heterocycles. The molecule has 0 unspecified atom stereocenters. The summed E-state index contributed by atoms with van der Waals surface area (Å²) in [5.41, 5.74) is 5.35. The molecule has 196 valence electrons. The molecular weight excluding hydrogens is 480 g/mol. The van der Waals surface area contributed by atoms with Crippen LogP contribution in [-0.2, 0) is 7.05 Å². The van der Waals surface area contributed by atoms with E-state index in [1.807, 2.05) is 55.3 Å². The van der Waals surface area contributed by atoms with Gasteiger partial charge in [0.05, 0.1) is 23.6 Å². The van der Waals surface area contributed by atoms with Crippen LogP contribution in [0.4, 0.5) is 11.5 Å². The van der Waals surface area contributed by atoms with E-state index < -0.39 is 6.04 Å². The number of ketones is 1. The summed E-state index contributed by atoms with van der Waals surface area (Å²) in [6.07, 6.45) is 10.1. The summed E-state index contributed by atoms with van der Waals surface area (Å²) in [5.74, 6) is 0.384. The number of carbonyl (C=O) groups is 2. The van der Waals surface area contributed by atoms with Crippen LogP contribution in [0.3, 0.4) is 0 Å². The van der Waals surface area contributed by atoms with Crippen molar-refractivity contribution in [3.8, 4) is 11.3 Å². The van der Waals surface area contributed by atoms with Crippen molar-refractivity contribution in [2.45, 2.75) is 52.0 Å². The molecule has 1 aromatic carbocycles. The molecular formula is C29H32N6O3. The van der Waals surface area contributed by atoms with Gasteiger partial charge < -0.3 is 15.2 Å². The minimum absolute atomic E-state index is 0.0834. The number of nitrogens with zero attached hydrogens (tertiary/aromatic N) is 4. The van der Waals surface area contributed by atoms with E-state index in [0.29, 0.717) is 22.6 Å². The van der Waals surface area contributed by atoms with Crippen LogP contribution in [0.25, 0.3) is 11.3 Å². The Balaban J connectivity index is 1.29. The van der Waals surface area contributed by atoms with Crippen molar-refractivity contribution in [3.05, 3.63) is 77.4 Å². The molecule has 0 saturated heterocycles. The molecule has 5 rings (SSSR count). The van der Waals surface area contributed by atoms with Crippen molar-refractivity contribution in [1.29, 1.82) is 0 Å². The van der Waals surface area contributed by atoms with Crippen molar-refractivity contribution in [2.75, 3.05) is 5.32 Å². The third-order valence-corrected chi connectivity index (χ3v) is 7.29. The molecule has 1 aliphatic carbocycles. The molecule has 1 saturated carbocycles. The van der Waals surface area contributed by atoms with Crippen LogP contribution < -0.4 is 10.6 Å². The number of hydrogen-bond donors (Lipinski definition) is 2. The quantitative estimate of drug-likeness (QED) is 0.304. The van der Waals surface area contributed by atoms with Crippen molar-refractivity contribution >= 4 is 23.2 Å². The molecule has 3 aromatic heterocycles. The van der Waals surface area contributed by atoms with Gasteiger partial charge in [0.15, 0.2) is 5.78 Å². The fourth-order valence-electron chi connectivity index (χ4n) is 5.21. The number of rotatable bonds is 8. The Bertz CT molecular complexity index is 1400. The number of benzene rings is 1. The highest BCUT2D eigenvalue weighted by atomic mass is 16.5. The lowest BCUT2D eigenvalue weighted by molar-refractivity contribution is 0.0802. The first-order valence-corrected chi connectivity index (χ1v) is 13.0. The highest BCUT2D eigenvalue weighted by Crippen LogP contribution is 2.29. The number of aromatic nitrogens is 4. The van der Waals surface area contributed by atoms with Crippen LogP contribution in [0.1, 0.15) is 64.1 Å². The van der Waals surface area contributed by atoms with E-state index in [9.17, 15) is 9.59 Å². The molecule has 0 bridgehead atoms. The van der Waals surface area contributed by atoms with Gasteiger partial charge in [0.1, 0.15) is 17.6 Å². The molecule has 0 radical (unpaired) electrons. The third kappa shape index (κ3) is 5.37. The molecule has 4 aromatic rings. The van der Waals surface area contributed by atoms with Crippen LogP contribution in [0.5, 0.6) is 0 Å². The molecule has 1 amide bonds. The van der Waals surface area contributed by atoms with Crippen molar-refractivity contribution in [1.82, 2.24) is 25.2 Å². The molecule has 1 fully saturated rings. The van der Waals surface area contributed by atoms with Gasteiger partial charge in [-0.25, -0.2) is 4.98 Å². The van der Waals surface area contributed by atoms with Gasteiger partial charge in [-0.2, -0.15) is 5.10 Å². The summed E-state index contributed by atoms with van der Waals surface area (Å²) < 4.78 is 6.76. The zero-order valence-corrected chi connectivity index (χ0v) is 21.9. The molecule has 9 heteroatoms. The van der Waals surface area contributed by atoms with E-state index in [-0.39, 0.29) is 17.6 Å². The highest BCUT2D eigenvalue weighted by Gasteiger charge is 2.32. The number of hydrogen-bond acceptors (Lipinski definition) is 7. The van der Waals surface area contributed by atoms with Gasteiger partial charge >= 0.3 is 0 Å². The maximum Gasteiger partial charge on any atom is 0.257 e.